The molecular weight excluding hydrogens is 360 g/mol. The first kappa shape index (κ1) is 8.24. The lowest BCUT2D eigenvalue weighted by Gasteiger charge is -1.96. The maximum Gasteiger partial charge on any atom is 0.358 e. The van der Waals surface area contributed by atoms with Crippen molar-refractivity contribution in [1.29, 1.82) is 0 Å². The smallest absolute Gasteiger partial charge is 0.358 e. The number of halogens is 2. The van der Waals surface area contributed by atoms with E-state index in [4.69, 9.17) is 5.73 Å². The molecule has 0 aromatic carbocycles. The van der Waals surface area contributed by atoms with Crippen molar-refractivity contribution in [2.45, 2.75) is 0 Å². The molecule has 1 heterocycles. The van der Waals surface area contributed by atoms with Gasteiger partial charge in [0.2, 0.25) is 0 Å². The molecule has 0 atom stereocenters. The lowest BCUT2D eigenvalue weighted by Crippen LogP contribution is -2.17. The Hall–Kier alpha value is 0.140. The van der Waals surface area contributed by atoms with E-state index in [-0.39, 0.29) is 5.69 Å². The van der Waals surface area contributed by atoms with Gasteiger partial charge in [0.15, 0.2) is 0 Å². The van der Waals surface area contributed by atoms with Crippen molar-refractivity contribution < 1.29 is 0 Å². The molecule has 0 aliphatic rings. The number of nitrogen functional groups attached to an aromatic ring is 1. The first-order chi connectivity index (χ1) is 4.61. The molecule has 0 spiro atoms. The second-order valence-electron chi connectivity index (χ2n) is 1.57. The Kier molecular flexibility index (Phi) is 2.50. The number of hydrogen-bond donors (Lipinski definition) is 1. The van der Waals surface area contributed by atoms with E-state index >= 15 is 0 Å². The third kappa shape index (κ3) is 1.59. The van der Waals surface area contributed by atoms with Crippen LogP contribution in [-0.4, -0.2) is 7.76 Å². The summed E-state index contributed by atoms with van der Waals surface area (Å²) in [5.74, 6) is 0.290. The normalized spacial score (nSPS) is 9.80. The van der Waals surface area contributed by atoms with Gasteiger partial charge in [0, 0.05) is 6.20 Å². The second kappa shape index (κ2) is 3.03. The third-order valence-corrected chi connectivity index (χ3v) is 2.39. The average molecular weight is 363 g/mol. The van der Waals surface area contributed by atoms with Gasteiger partial charge < -0.3 is 5.73 Å². The summed E-state index contributed by atoms with van der Waals surface area (Å²) in [7, 11) is 0. The Morgan fingerprint density at radius 3 is 2.80 bits per heavy atom. The molecule has 0 aliphatic heterocycles. The predicted molar refractivity (Wildman–Crippen MR) is 55.0 cm³/mol. The highest BCUT2D eigenvalue weighted by atomic mass is 127. The van der Waals surface area contributed by atoms with Crippen LogP contribution in [0.1, 0.15) is 0 Å². The van der Waals surface area contributed by atoms with E-state index in [1.165, 1.54) is 2.78 Å². The van der Waals surface area contributed by atoms with E-state index < -0.39 is 0 Å². The van der Waals surface area contributed by atoms with E-state index in [0.717, 1.165) is 3.57 Å². The average Bonchev–Trinajstić information content (AvgIpc) is 1.84. The van der Waals surface area contributed by atoms with Gasteiger partial charge >= 0.3 is 5.69 Å². The first-order valence-corrected chi connectivity index (χ1v) is 4.36. The van der Waals surface area contributed by atoms with Crippen LogP contribution in [0, 0.1) is 3.57 Å². The number of hydrogen-bond acceptors (Lipinski definition) is 3. The Morgan fingerprint density at radius 2 is 2.30 bits per heavy atom. The highest BCUT2D eigenvalue weighted by Gasteiger charge is 1.98. The van der Waals surface area contributed by atoms with E-state index in [9.17, 15) is 4.79 Å². The van der Waals surface area contributed by atoms with Crippen LogP contribution in [0.3, 0.4) is 0 Å². The van der Waals surface area contributed by atoms with E-state index in [1.807, 2.05) is 45.5 Å². The topological polar surface area (TPSA) is 60.9 Å². The van der Waals surface area contributed by atoms with Crippen LogP contribution >= 0.6 is 45.5 Å². The molecule has 1 aromatic heterocycles. The van der Waals surface area contributed by atoms with Crippen molar-refractivity contribution in [3.63, 3.8) is 0 Å². The summed E-state index contributed by atoms with van der Waals surface area (Å²) in [5.41, 5.74) is 5.02. The molecule has 6 heteroatoms. The van der Waals surface area contributed by atoms with Gasteiger partial charge in [-0.15, -0.1) is 0 Å². The number of nitrogens with zero attached hydrogens (tertiary/aromatic N) is 2. The van der Waals surface area contributed by atoms with E-state index in [0.29, 0.717) is 5.82 Å². The molecule has 0 aliphatic carbocycles. The summed E-state index contributed by atoms with van der Waals surface area (Å²) in [6.07, 6.45) is 1.63. The molecule has 0 amide bonds. The molecule has 4 nitrogen and oxygen atoms in total. The molecule has 0 bridgehead atoms. The van der Waals surface area contributed by atoms with Gasteiger partial charge in [-0.2, -0.15) is 4.98 Å². The lowest BCUT2D eigenvalue weighted by molar-refractivity contribution is 1.05. The fourth-order valence-corrected chi connectivity index (χ4v) is 1.74. The number of anilines is 1. The zero-order valence-corrected chi connectivity index (χ0v) is 9.03. The molecule has 0 fully saturated rings. The third-order valence-electron chi connectivity index (χ3n) is 0.870. The van der Waals surface area contributed by atoms with Gasteiger partial charge in [-0.3, -0.25) is 0 Å². The SMILES string of the molecule is Nc1nc(=O)n(I)cc1I. The fourth-order valence-electron chi connectivity index (χ4n) is 0.425. The number of rotatable bonds is 0. The first-order valence-electron chi connectivity index (χ1n) is 2.32. The Balaban J connectivity index is 3.43. The van der Waals surface area contributed by atoms with Crippen LogP contribution in [0.2, 0.25) is 0 Å². The standard InChI is InChI=1S/C4H3I2N3O/c5-2-1-9(6)4(10)8-3(2)7/h1H,(H2,7,8,10). The van der Waals surface area contributed by atoms with Gasteiger partial charge in [0.1, 0.15) is 5.82 Å². The number of nitrogens with two attached hydrogens (primary N) is 1. The van der Waals surface area contributed by atoms with Gasteiger partial charge in [-0.05, 0) is 22.6 Å². The molecule has 10 heavy (non-hydrogen) atoms. The minimum absolute atomic E-state index is 0.290. The monoisotopic (exact) mass is 363 g/mol. The summed E-state index contributed by atoms with van der Waals surface area (Å²) in [5, 5.41) is 0. The van der Waals surface area contributed by atoms with Gasteiger partial charge in [-0.1, -0.05) is 0 Å². The van der Waals surface area contributed by atoms with Crippen LogP contribution in [-0.2, 0) is 0 Å². The van der Waals surface area contributed by atoms with Crippen LogP contribution in [0.4, 0.5) is 5.82 Å². The largest absolute Gasteiger partial charge is 0.383 e. The zero-order chi connectivity index (χ0) is 7.72. The molecule has 0 saturated heterocycles. The van der Waals surface area contributed by atoms with E-state index in [1.54, 1.807) is 6.20 Å². The maximum atomic E-state index is 10.8. The predicted octanol–water partition coefficient (Wildman–Crippen LogP) is 0.628. The van der Waals surface area contributed by atoms with Crippen molar-refractivity contribution in [1.82, 2.24) is 7.76 Å². The maximum absolute atomic E-state index is 10.8. The highest BCUT2D eigenvalue weighted by molar-refractivity contribution is 14.1. The summed E-state index contributed by atoms with van der Waals surface area (Å²) >= 11 is 3.86. The molecule has 2 N–H and O–H groups in total. The summed E-state index contributed by atoms with van der Waals surface area (Å²) < 4.78 is 2.14. The summed E-state index contributed by atoms with van der Waals surface area (Å²) in [6.45, 7) is 0. The molecule has 0 unspecified atom stereocenters. The van der Waals surface area contributed by atoms with Crippen molar-refractivity contribution in [3.05, 3.63) is 20.3 Å². The van der Waals surface area contributed by atoms with Crippen LogP contribution in [0.25, 0.3) is 0 Å². The van der Waals surface area contributed by atoms with Crippen LogP contribution in [0.5, 0.6) is 0 Å². The van der Waals surface area contributed by atoms with Crippen molar-refractivity contribution in [2.24, 2.45) is 0 Å². The Labute approximate surface area is 84.5 Å². The molecule has 1 aromatic rings. The van der Waals surface area contributed by atoms with E-state index in [2.05, 4.69) is 4.98 Å². The van der Waals surface area contributed by atoms with Crippen molar-refractivity contribution in [3.8, 4) is 0 Å². The lowest BCUT2D eigenvalue weighted by atomic mass is 10.6. The second-order valence-corrected chi connectivity index (χ2v) is 3.77. The number of aromatic nitrogens is 2. The van der Waals surface area contributed by atoms with Crippen LogP contribution in [0.15, 0.2) is 11.0 Å². The quantitative estimate of drug-likeness (QED) is 0.688. The van der Waals surface area contributed by atoms with Crippen molar-refractivity contribution in [2.75, 3.05) is 5.73 Å². The Morgan fingerprint density at radius 1 is 1.70 bits per heavy atom. The van der Waals surface area contributed by atoms with Gasteiger partial charge in [0.05, 0.1) is 26.4 Å². The Bertz CT molecular complexity index is 308. The molecular formula is C4H3I2N3O. The highest BCUT2D eigenvalue weighted by Crippen LogP contribution is 2.08. The van der Waals surface area contributed by atoms with Gasteiger partial charge in [-0.25, -0.2) is 7.58 Å². The van der Waals surface area contributed by atoms with Crippen molar-refractivity contribution >= 4 is 51.3 Å². The molecule has 1 rings (SSSR count). The minimum atomic E-state index is -0.335. The summed E-state index contributed by atoms with van der Waals surface area (Å²) in [6, 6.07) is 0. The van der Waals surface area contributed by atoms with Crippen LogP contribution < -0.4 is 11.4 Å². The molecule has 0 saturated carbocycles. The minimum Gasteiger partial charge on any atom is -0.383 e. The molecule has 54 valence electrons. The fraction of sp³-hybridized carbons (Fsp3) is 0. The van der Waals surface area contributed by atoms with Gasteiger partial charge in [0.25, 0.3) is 0 Å². The summed E-state index contributed by atoms with van der Waals surface area (Å²) in [4.78, 5) is 14.3. The zero-order valence-electron chi connectivity index (χ0n) is 4.71. The molecule has 0 radical (unpaired) electrons.